The van der Waals surface area contributed by atoms with Gasteiger partial charge in [-0.25, -0.2) is 0 Å². The van der Waals surface area contributed by atoms with E-state index < -0.39 is 0 Å². The second kappa shape index (κ2) is 7.36. The van der Waals surface area contributed by atoms with Crippen molar-refractivity contribution in [3.05, 3.63) is 30.3 Å². The third-order valence-corrected chi connectivity index (χ3v) is 3.25. The number of para-hydroxylation sites is 1. The summed E-state index contributed by atoms with van der Waals surface area (Å²) in [5.41, 5.74) is 5.69. The first kappa shape index (κ1) is 13.3. The molecule has 0 bridgehead atoms. The van der Waals surface area contributed by atoms with Crippen molar-refractivity contribution in [3.63, 3.8) is 0 Å². The predicted octanol–water partition coefficient (Wildman–Crippen LogP) is 1.11. The number of ether oxygens (including phenoxy) is 2. The van der Waals surface area contributed by atoms with Gasteiger partial charge in [-0.3, -0.25) is 4.90 Å². The van der Waals surface area contributed by atoms with E-state index in [0.29, 0.717) is 19.2 Å². The van der Waals surface area contributed by atoms with Crippen LogP contribution in [0.5, 0.6) is 5.75 Å². The Labute approximate surface area is 109 Å². The van der Waals surface area contributed by atoms with Gasteiger partial charge >= 0.3 is 0 Å². The molecular formula is C14H22N2O2. The van der Waals surface area contributed by atoms with Crippen LogP contribution in [-0.2, 0) is 4.74 Å². The molecule has 2 rings (SSSR count). The van der Waals surface area contributed by atoms with Crippen LogP contribution in [0.25, 0.3) is 0 Å². The summed E-state index contributed by atoms with van der Waals surface area (Å²) >= 11 is 0. The van der Waals surface area contributed by atoms with Crippen LogP contribution in [0.1, 0.15) is 6.42 Å². The lowest BCUT2D eigenvalue weighted by molar-refractivity contribution is 0.00458. The number of hydrogen-bond donors (Lipinski definition) is 1. The zero-order chi connectivity index (χ0) is 12.6. The second-order valence-electron chi connectivity index (χ2n) is 4.50. The fraction of sp³-hybridized carbons (Fsp3) is 0.571. The van der Waals surface area contributed by atoms with Crippen molar-refractivity contribution in [1.29, 1.82) is 0 Å². The number of hydrogen-bond acceptors (Lipinski definition) is 4. The Kier molecular flexibility index (Phi) is 5.45. The monoisotopic (exact) mass is 250 g/mol. The third-order valence-electron chi connectivity index (χ3n) is 3.25. The van der Waals surface area contributed by atoms with Crippen LogP contribution in [0, 0.1) is 0 Å². The average molecular weight is 250 g/mol. The van der Waals surface area contributed by atoms with Gasteiger partial charge in [0.25, 0.3) is 0 Å². The maximum atomic E-state index is 5.84. The van der Waals surface area contributed by atoms with Gasteiger partial charge in [0, 0.05) is 19.1 Å². The second-order valence-corrected chi connectivity index (χ2v) is 4.50. The summed E-state index contributed by atoms with van der Waals surface area (Å²) in [4.78, 5) is 2.42. The van der Waals surface area contributed by atoms with Crippen molar-refractivity contribution in [2.75, 3.05) is 39.5 Å². The quantitative estimate of drug-likeness (QED) is 0.822. The maximum Gasteiger partial charge on any atom is 0.119 e. The van der Waals surface area contributed by atoms with Crippen LogP contribution in [0.15, 0.2) is 30.3 Å². The van der Waals surface area contributed by atoms with Gasteiger partial charge in [0.05, 0.1) is 13.2 Å². The van der Waals surface area contributed by atoms with Crippen molar-refractivity contribution in [3.8, 4) is 5.75 Å². The van der Waals surface area contributed by atoms with Gasteiger partial charge in [-0.15, -0.1) is 0 Å². The number of nitrogens with two attached hydrogens (primary N) is 1. The molecule has 0 aromatic heterocycles. The molecule has 0 saturated carbocycles. The van der Waals surface area contributed by atoms with E-state index in [4.69, 9.17) is 15.2 Å². The molecule has 1 aromatic carbocycles. The molecule has 0 radical (unpaired) electrons. The summed E-state index contributed by atoms with van der Waals surface area (Å²) in [6.07, 6.45) is 0.965. The molecule has 1 atom stereocenters. The van der Waals surface area contributed by atoms with E-state index in [2.05, 4.69) is 4.90 Å². The Morgan fingerprint density at radius 3 is 2.61 bits per heavy atom. The minimum atomic E-state index is 0.388. The van der Waals surface area contributed by atoms with Gasteiger partial charge in [-0.05, 0) is 25.1 Å². The molecule has 100 valence electrons. The summed E-state index contributed by atoms with van der Waals surface area (Å²) in [5.74, 6) is 0.924. The van der Waals surface area contributed by atoms with Crippen LogP contribution in [-0.4, -0.2) is 50.4 Å². The van der Waals surface area contributed by atoms with E-state index in [9.17, 15) is 0 Å². The van der Waals surface area contributed by atoms with Crippen LogP contribution < -0.4 is 10.5 Å². The van der Waals surface area contributed by atoms with E-state index in [-0.39, 0.29) is 0 Å². The predicted molar refractivity (Wildman–Crippen MR) is 71.8 cm³/mol. The lowest BCUT2D eigenvalue weighted by atomic mass is 10.1. The van der Waals surface area contributed by atoms with Gasteiger partial charge in [0.2, 0.25) is 0 Å². The summed E-state index contributed by atoms with van der Waals surface area (Å²) in [6, 6.07) is 10.3. The Morgan fingerprint density at radius 2 is 1.94 bits per heavy atom. The largest absolute Gasteiger partial charge is 0.492 e. The Balaban J connectivity index is 1.85. The van der Waals surface area contributed by atoms with Gasteiger partial charge < -0.3 is 15.2 Å². The van der Waals surface area contributed by atoms with E-state index in [0.717, 1.165) is 38.5 Å². The molecule has 0 spiro atoms. The molecule has 0 aliphatic carbocycles. The maximum absolute atomic E-state index is 5.84. The van der Waals surface area contributed by atoms with Gasteiger partial charge in [0.15, 0.2) is 0 Å². The van der Waals surface area contributed by atoms with Crippen LogP contribution in [0.3, 0.4) is 0 Å². The van der Waals surface area contributed by atoms with Crippen LogP contribution >= 0.6 is 0 Å². The fourth-order valence-corrected chi connectivity index (χ4v) is 2.22. The molecule has 4 nitrogen and oxygen atoms in total. The highest BCUT2D eigenvalue weighted by Gasteiger charge is 2.20. The van der Waals surface area contributed by atoms with Crippen molar-refractivity contribution in [2.45, 2.75) is 12.5 Å². The normalized spacial score (nSPS) is 18.5. The molecule has 2 N–H and O–H groups in total. The molecule has 18 heavy (non-hydrogen) atoms. The molecule has 1 saturated heterocycles. The van der Waals surface area contributed by atoms with Crippen molar-refractivity contribution >= 4 is 0 Å². The first-order chi connectivity index (χ1) is 8.90. The topological polar surface area (TPSA) is 47.7 Å². The molecule has 1 unspecified atom stereocenters. The van der Waals surface area contributed by atoms with E-state index in [1.807, 2.05) is 30.3 Å². The minimum absolute atomic E-state index is 0.388. The van der Waals surface area contributed by atoms with Crippen molar-refractivity contribution < 1.29 is 9.47 Å². The summed E-state index contributed by atoms with van der Waals surface area (Å²) in [6.45, 7) is 4.96. The molecule has 1 aromatic rings. The molecular weight excluding hydrogens is 228 g/mol. The molecule has 1 heterocycles. The first-order valence-corrected chi connectivity index (χ1v) is 6.60. The highest BCUT2D eigenvalue weighted by molar-refractivity contribution is 5.20. The summed E-state index contributed by atoms with van der Waals surface area (Å²) in [7, 11) is 0. The number of morpholine rings is 1. The number of benzene rings is 1. The van der Waals surface area contributed by atoms with Crippen molar-refractivity contribution in [2.24, 2.45) is 5.73 Å². The highest BCUT2D eigenvalue weighted by atomic mass is 16.5. The molecule has 0 amide bonds. The standard InChI is InChI=1S/C14H22N2O2/c15-7-6-13(16-8-10-17-11-9-16)12-18-14-4-2-1-3-5-14/h1-5,13H,6-12,15H2. The SMILES string of the molecule is NCCC(COc1ccccc1)N1CCOCC1. The first-order valence-electron chi connectivity index (χ1n) is 6.60. The molecule has 1 fully saturated rings. The Morgan fingerprint density at radius 1 is 1.22 bits per heavy atom. The lowest BCUT2D eigenvalue weighted by Gasteiger charge is -2.34. The zero-order valence-corrected chi connectivity index (χ0v) is 10.8. The van der Waals surface area contributed by atoms with E-state index in [1.54, 1.807) is 0 Å². The minimum Gasteiger partial charge on any atom is -0.492 e. The van der Waals surface area contributed by atoms with Gasteiger partial charge in [-0.1, -0.05) is 18.2 Å². The number of rotatable bonds is 6. The molecule has 1 aliphatic heterocycles. The Hall–Kier alpha value is -1.10. The van der Waals surface area contributed by atoms with E-state index in [1.165, 1.54) is 0 Å². The molecule has 4 heteroatoms. The summed E-state index contributed by atoms with van der Waals surface area (Å²) < 4.78 is 11.2. The third kappa shape index (κ3) is 3.98. The van der Waals surface area contributed by atoms with Crippen LogP contribution in [0.2, 0.25) is 0 Å². The lowest BCUT2D eigenvalue weighted by Crippen LogP contribution is -2.47. The highest BCUT2D eigenvalue weighted by Crippen LogP contribution is 2.12. The zero-order valence-electron chi connectivity index (χ0n) is 10.8. The van der Waals surface area contributed by atoms with Crippen LogP contribution in [0.4, 0.5) is 0 Å². The summed E-state index contributed by atoms with van der Waals surface area (Å²) in [5, 5.41) is 0. The van der Waals surface area contributed by atoms with Crippen molar-refractivity contribution in [1.82, 2.24) is 4.90 Å². The fourth-order valence-electron chi connectivity index (χ4n) is 2.22. The Bertz CT molecular complexity index is 326. The smallest absolute Gasteiger partial charge is 0.119 e. The van der Waals surface area contributed by atoms with E-state index >= 15 is 0 Å². The number of nitrogens with zero attached hydrogens (tertiary/aromatic N) is 1. The molecule has 1 aliphatic rings. The van der Waals surface area contributed by atoms with Gasteiger partial charge in [0.1, 0.15) is 12.4 Å². The van der Waals surface area contributed by atoms with Gasteiger partial charge in [-0.2, -0.15) is 0 Å². The average Bonchev–Trinajstić information content (AvgIpc) is 2.45.